The summed E-state index contributed by atoms with van der Waals surface area (Å²) < 4.78 is 6.94. The number of hydrogen-bond donors (Lipinski definition) is 1. The van der Waals surface area contributed by atoms with Crippen LogP contribution in [0.1, 0.15) is 5.69 Å². The number of hydrogen-bond acceptors (Lipinski definition) is 4. The molecule has 0 fully saturated rings. The number of aryl methyl sites for hydroxylation is 1. The van der Waals surface area contributed by atoms with Crippen LogP contribution in [0.5, 0.6) is 5.88 Å². The predicted molar refractivity (Wildman–Crippen MR) is 92.8 cm³/mol. The lowest BCUT2D eigenvalue weighted by Crippen LogP contribution is -2.12. The summed E-state index contributed by atoms with van der Waals surface area (Å²) >= 11 is 6.33. The summed E-state index contributed by atoms with van der Waals surface area (Å²) in [4.78, 5) is 24.4. The normalized spacial score (nSPS) is 11.3. The van der Waals surface area contributed by atoms with Crippen molar-refractivity contribution in [3.8, 4) is 17.3 Å². The number of H-pyrrole nitrogens is 1. The van der Waals surface area contributed by atoms with Crippen molar-refractivity contribution in [3.05, 3.63) is 57.5 Å². The van der Waals surface area contributed by atoms with Gasteiger partial charge in [-0.05, 0) is 25.1 Å². The monoisotopic (exact) mass is 340 g/mol. The molecule has 24 heavy (non-hydrogen) atoms. The average molecular weight is 341 g/mol. The molecule has 0 bridgehead atoms. The smallest absolute Gasteiger partial charge is 0.274 e. The van der Waals surface area contributed by atoms with E-state index in [1.54, 1.807) is 36.6 Å². The molecule has 0 radical (unpaired) electrons. The fourth-order valence-electron chi connectivity index (χ4n) is 2.82. The lowest BCUT2D eigenvalue weighted by Gasteiger charge is -2.08. The number of ether oxygens (including phenoxy) is 1. The van der Waals surface area contributed by atoms with Gasteiger partial charge in [0.2, 0.25) is 5.88 Å². The number of imidazole rings is 1. The Hall–Kier alpha value is -2.86. The molecule has 0 aliphatic heterocycles. The fraction of sp³-hybridized carbons (Fsp3) is 0.118. The third kappa shape index (κ3) is 2.07. The van der Waals surface area contributed by atoms with Crippen molar-refractivity contribution >= 4 is 28.3 Å². The van der Waals surface area contributed by atoms with Crippen LogP contribution in [0.3, 0.4) is 0 Å². The third-order valence-electron chi connectivity index (χ3n) is 3.90. The Morgan fingerprint density at radius 1 is 1.17 bits per heavy atom. The summed E-state index contributed by atoms with van der Waals surface area (Å²) in [6.45, 7) is 1.79. The SMILES string of the molecule is COc1ccc2[nH]c(=O)c3c(C)nc(-c4ccccc4Cl)n3c2n1. The Bertz CT molecular complexity index is 1150. The number of aromatic nitrogens is 4. The summed E-state index contributed by atoms with van der Waals surface area (Å²) in [7, 11) is 1.55. The van der Waals surface area contributed by atoms with Crippen LogP contribution in [-0.4, -0.2) is 26.5 Å². The van der Waals surface area contributed by atoms with E-state index in [-0.39, 0.29) is 5.56 Å². The van der Waals surface area contributed by atoms with E-state index in [9.17, 15) is 4.79 Å². The van der Waals surface area contributed by atoms with E-state index in [4.69, 9.17) is 16.3 Å². The van der Waals surface area contributed by atoms with Crippen molar-refractivity contribution < 1.29 is 4.74 Å². The van der Waals surface area contributed by atoms with Crippen LogP contribution in [0.15, 0.2) is 41.2 Å². The standard InChI is InChI=1S/C17H13ClN4O2/c1-9-14-17(23)20-12-7-8-13(24-2)21-16(12)22(14)15(19-9)10-5-3-4-6-11(10)18/h3-8H,1-2H3,(H,20,23). The molecule has 0 aliphatic carbocycles. The van der Waals surface area contributed by atoms with E-state index in [0.717, 1.165) is 5.56 Å². The highest BCUT2D eigenvalue weighted by molar-refractivity contribution is 6.33. The number of methoxy groups -OCH3 is 1. The van der Waals surface area contributed by atoms with Crippen LogP contribution >= 0.6 is 11.6 Å². The molecule has 0 spiro atoms. The van der Waals surface area contributed by atoms with Gasteiger partial charge in [0.05, 0.1) is 23.3 Å². The van der Waals surface area contributed by atoms with E-state index in [2.05, 4.69) is 15.0 Å². The van der Waals surface area contributed by atoms with Gasteiger partial charge in [0.1, 0.15) is 11.3 Å². The van der Waals surface area contributed by atoms with Crippen LogP contribution < -0.4 is 10.3 Å². The molecule has 3 aromatic heterocycles. The van der Waals surface area contributed by atoms with Gasteiger partial charge in [-0.3, -0.25) is 9.20 Å². The van der Waals surface area contributed by atoms with Gasteiger partial charge < -0.3 is 9.72 Å². The minimum Gasteiger partial charge on any atom is -0.481 e. The Kier molecular flexibility index (Phi) is 3.28. The molecular formula is C17H13ClN4O2. The second kappa shape index (κ2) is 5.35. The van der Waals surface area contributed by atoms with Crippen molar-refractivity contribution in [1.29, 1.82) is 0 Å². The highest BCUT2D eigenvalue weighted by Crippen LogP contribution is 2.29. The number of aromatic amines is 1. The molecule has 4 aromatic rings. The Morgan fingerprint density at radius 2 is 1.96 bits per heavy atom. The molecule has 3 heterocycles. The molecule has 0 atom stereocenters. The number of nitrogens with one attached hydrogen (secondary N) is 1. The van der Waals surface area contributed by atoms with Gasteiger partial charge in [-0.15, -0.1) is 0 Å². The first-order valence-electron chi connectivity index (χ1n) is 7.31. The molecule has 0 saturated heterocycles. The molecule has 6 nitrogen and oxygen atoms in total. The van der Waals surface area contributed by atoms with Gasteiger partial charge in [0.15, 0.2) is 5.65 Å². The van der Waals surface area contributed by atoms with Crippen molar-refractivity contribution in [2.45, 2.75) is 6.92 Å². The first-order chi connectivity index (χ1) is 11.6. The maximum atomic E-state index is 12.5. The average Bonchev–Trinajstić information content (AvgIpc) is 2.93. The lowest BCUT2D eigenvalue weighted by atomic mass is 10.2. The summed E-state index contributed by atoms with van der Waals surface area (Å²) in [5.41, 5.74) is 2.71. The van der Waals surface area contributed by atoms with Gasteiger partial charge in [-0.2, -0.15) is 4.98 Å². The van der Waals surface area contributed by atoms with Gasteiger partial charge >= 0.3 is 0 Å². The van der Waals surface area contributed by atoms with Crippen LogP contribution in [0.2, 0.25) is 5.02 Å². The van der Waals surface area contributed by atoms with Crippen molar-refractivity contribution in [3.63, 3.8) is 0 Å². The highest BCUT2D eigenvalue weighted by atomic mass is 35.5. The molecule has 0 aliphatic rings. The molecule has 1 N–H and O–H groups in total. The van der Waals surface area contributed by atoms with Gasteiger partial charge in [0.25, 0.3) is 5.56 Å². The predicted octanol–water partition coefficient (Wildman–Crippen LogP) is 3.21. The molecule has 0 unspecified atom stereocenters. The summed E-state index contributed by atoms with van der Waals surface area (Å²) in [5.74, 6) is 1.03. The first-order valence-corrected chi connectivity index (χ1v) is 7.69. The zero-order valence-corrected chi connectivity index (χ0v) is 13.8. The number of pyridine rings is 1. The Labute approximate surface area is 141 Å². The molecule has 0 amide bonds. The van der Waals surface area contributed by atoms with E-state index >= 15 is 0 Å². The molecule has 120 valence electrons. The minimum absolute atomic E-state index is 0.224. The summed E-state index contributed by atoms with van der Waals surface area (Å²) in [5, 5.41) is 0.556. The summed E-state index contributed by atoms with van der Waals surface area (Å²) in [6, 6.07) is 10.8. The van der Waals surface area contributed by atoms with E-state index in [1.165, 1.54) is 0 Å². The second-order valence-corrected chi connectivity index (χ2v) is 5.77. The molecule has 1 aromatic carbocycles. The van der Waals surface area contributed by atoms with Gasteiger partial charge in [-0.1, -0.05) is 23.7 Å². The Balaban J connectivity index is 2.23. The third-order valence-corrected chi connectivity index (χ3v) is 4.23. The summed E-state index contributed by atoms with van der Waals surface area (Å²) in [6.07, 6.45) is 0. The van der Waals surface area contributed by atoms with Gasteiger partial charge in [0, 0.05) is 11.6 Å². The Morgan fingerprint density at radius 3 is 2.71 bits per heavy atom. The van der Waals surface area contributed by atoms with Gasteiger partial charge in [-0.25, -0.2) is 4.98 Å². The number of benzene rings is 1. The van der Waals surface area contributed by atoms with E-state index < -0.39 is 0 Å². The van der Waals surface area contributed by atoms with Crippen molar-refractivity contribution in [2.24, 2.45) is 0 Å². The largest absolute Gasteiger partial charge is 0.481 e. The molecule has 7 heteroatoms. The van der Waals surface area contributed by atoms with Crippen LogP contribution in [-0.2, 0) is 0 Å². The first kappa shape index (κ1) is 14.7. The second-order valence-electron chi connectivity index (χ2n) is 5.36. The fourth-order valence-corrected chi connectivity index (χ4v) is 3.04. The van der Waals surface area contributed by atoms with E-state index in [0.29, 0.717) is 39.1 Å². The minimum atomic E-state index is -0.224. The molecular weight excluding hydrogens is 328 g/mol. The topological polar surface area (TPSA) is 72.3 Å². The maximum absolute atomic E-state index is 12.5. The quantitative estimate of drug-likeness (QED) is 0.608. The number of fused-ring (bicyclic) bond motifs is 3. The lowest BCUT2D eigenvalue weighted by molar-refractivity contribution is 0.399. The zero-order valence-electron chi connectivity index (χ0n) is 13.0. The van der Waals surface area contributed by atoms with Crippen LogP contribution in [0, 0.1) is 6.92 Å². The van der Waals surface area contributed by atoms with Crippen LogP contribution in [0.4, 0.5) is 0 Å². The molecule has 4 rings (SSSR count). The molecule has 0 saturated carbocycles. The highest BCUT2D eigenvalue weighted by Gasteiger charge is 2.18. The number of nitrogens with zero attached hydrogens (tertiary/aromatic N) is 3. The maximum Gasteiger partial charge on any atom is 0.274 e. The zero-order chi connectivity index (χ0) is 16.8. The van der Waals surface area contributed by atoms with E-state index in [1.807, 2.05) is 18.2 Å². The van der Waals surface area contributed by atoms with Crippen molar-refractivity contribution in [2.75, 3.05) is 7.11 Å². The van der Waals surface area contributed by atoms with Crippen LogP contribution in [0.25, 0.3) is 28.1 Å². The number of halogens is 1. The van der Waals surface area contributed by atoms with Crippen molar-refractivity contribution in [1.82, 2.24) is 19.4 Å². The number of rotatable bonds is 2.